The lowest BCUT2D eigenvalue weighted by Crippen LogP contribution is -2.25. The monoisotopic (exact) mass is 391 g/mol. The number of fused-ring (bicyclic) bond motifs is 1. The van der Waals surface area contributed by atoms with Gasteiger partial charge in [-0.3, -0.25) is 4.79 Å². The smallest absolute Gasteiger partial charge is 0.336 e. The molecule has 1 heterocycles. The summed E-state index contributed by atoms with van der Waals surface area (Å²) in [6.45, 7) is 5.73. The predicted octanol–water partition coefficient (Wildman–Crippen LogP) is 4.81. The first-order chi connectivity index (χ1) is 14.0. The zero-order chi connectivity index (χ0) is 20.8. The van der Waals surface area contributed by atoms with Crippen molar-refractivity contribution in [2.24, 2.45) is 0 Å². The standard InChI is InChI=1S/C23H25N3O3/c1-3-5-13-26(4-2)21-15-19(23(28)29)18-14-17(11-12-20(18)25-21)24-22(27)16-9-7-6-8-10-16/h6-12,14-15H,3-5,13H2,1-2H3,(H,24,27)(H,28,29). The Kier molecular flexibility index (Phi) is 6.44. The number of carbonyl (C=O) groups is 2. The van der Waals surface area contributed by atoms with Gasteiger partial charge in [0, 0.05) is 29.7 Å². The fraction of sp³-hybridized carbons (Fsp3) is 0.261. The number of benzene rings is 2. The molecule has 0 saturated heterocycles. The number of carboxylic acid groups (broad SMARTS) is 1. The molecule has 29 heavy (non-hydrogen) atoms. The van der Waals surface area contributed by atoms with Crippen LogP contribution in [0.3, 0.4) is 0 Å². The molecule has 3 aromatic rings. The normalized spacial score (nSPS) is 10.7. The van der Waals surface area contributed by atoms with E-state index in [4.69, 9.17) is 0 Å². The van der Waals surface area contributed by atoms with E-state index >= 15 is 0 Å². The van der Waals surface area contributed by atoms with Gasteiger partial charge in [-0.05, 0) is 49.7 Å². The molecule has 6 nitrogen and oxygen atoms in total. The molecular weight excluding hydrogens is 366 g/mol. The third-order valence-electron chi connectivity index (χ3n) is 4.81. The highest BCUT2D eigenvalue weighted by Gasteiger charge is 2.16. The molecule has 0 spiro atoms. The number of amides is 1. The molecule has 0 unspecified atom stereocenters. The highest BCUT2D eigenvalue weighted by molar-refractivity contribution is 6.08. The van der Waals surface area contributed by atoms with E-state index in [0.29, 0.717) is 28.0 Å². The molecule has 0 aliphatic heterocycles. The lowest BCUT2D eigenvalue weighted by Gasteiger charge is -2.22. The molecule has 0 atom stereocenters. The van der Waals surface area contributed by atoms with Crippen LogP contribution in [0.1, 0.15) is 47.4 Å². The van der Waals surface area contributed by atoms with Gasteiger partial charge in [0.15, 0.2) is 0 Å². The number of rotatable bonds is 8. The maximum absolute atomic E-state index is 12.4. The zero-order valence-electron chi connectivity index (χ0n) is 16.7. The number of unbranched alkanes of at least 4 members (excludes halogenated alkanes) is 1. The minimum atomic E-state index is -1.02. The van der Waals surface area contributed by atoms with Crippen molar-refractivity contribution in [3.05, 3.63) is 65.7 Å². The number of anilines is 2. The number of carboxylic acids is 1. The number of aromatic carboxylic acids is 1. The molecular formula is C23H25N3O3. The number of hydrogen-bond acceptors (Lipinski definition) is 4. The third kappa shape index (κ3) is 4.71. The number of hydrogen-bond donors (Lipinski definition) is 2. The van der Waals surface area contributed by atoms with Gasteiger partial charge in [0.25, 0.3) is 5.91 Å². The number of nitrogens with one attached hydrogen (secondary N) is 1. The molecule has 0 radical (unpaired) electrons. The van der Waals surface area contributed by atoms with Crippen molar-refractivity contribution in [2.45, 2.75) is 26.7 Å². The SMILES string of the molecule is CCCCN(CC)c1cc(C(=O)O)c2cc(NC(=O)c3ccccc3)ccc2n1. The topological polar surface area (TPSA) is 82.5 Å². The highest BCUT2D eigenvalue weighted by atomic mass is 16.4. The van der Waals surface area contributed by atoms with Crippen molar-refractivity contribution in [3.8, 4) is 0 Å². The molecule has 0 aliphatic carbocycles. The fourth-order valence-corrected chi connectivity index (χ4v) is 3.20. The Morgan fingerprint density at radius 1 is 1.07 bits per heavy atom. The van der Waals surface area contributed by atoms with E-state index in [9.17, 15) is 14.7 Å². The van der Waals surface area contributed by atoms with Crippen molar-refractivity contribution in [3.63, 3.8) is 0 Å². The van der Waals surface area contributed by atoms with Crippen molar-refractivity contribution in [1.82, 2.24) is 4.98 Å². The van der Waals surface area contributed by atoms with Crippen LogP contribution in [0.5, 0.6) is 0 Å². The maximum Gasteiger partial charge on any atom is 0.336 e. The van der Waals surface area contributed by atoms with E-state index in [1.54, 1.807) is 48.5 Å². The molecule has 6 heteroatoms. The Hall–Kier alpha value is -3.41. The van der Waals surface area contributed by atoms with Gasteiger partial charge in [0.1, 0.15) is 5.82 Å². The molecule has 1 aromatic heterocycles. The molecule has 1 amide bonds. The molecule has 0 fully saturated rings. The van der Waals surface area contributed by atoms with Crippen LogP contribution in [0.4, 0.5) is 11.5 Å². The summed E-state index contributed by atoms with van der Waals surface area (Å²) in [5.41, 5.74) is 1.83. The number of nitrogens with zero attached hydrogens (tertiary/aromatic N) is 2. The first-order valence-corrected chi connectivity index (χ1v) is 9.83. The summed E-state index contributed by atoms with van der Waals surface area (Å²) >= 11 is 0. The van der Waals surface area contributed by atoms with E-state index in [2.05, 4.69) is 22.1 Å². The number of aromatic nitrogens is 1. The van der Waals surface area contributed by atoms with Crippen molar-refractivity contribution in [1.29, 1.82) is 0 Å². The van der Waals surface area contributed by atoms with Gasteiger partial charge in [-0.1, -0.05) is 31.5 Å². The fourth-order valence-electron chi connectivity index (χ4n) is 3.20. The Labute approximate surface area is 170 Å². The average Bonchev–Trinajstić information content (AvgIpc) is 2.74. The Balaban J connectivity index is 1.97. The first-order valence-electron chi connectivity index (χ1n) is 9.83. The van der Waals surface area contributed by atoms with E-state index in [-0.39, 0.29) is 11.5 Å². The van der Waals surface area contributed by atoms with E-state index in [1.807, 2.05) is 13.0 Å². The van der Waals surface area contributed by atoms with E-state index in [1.165, 1.54) is 0 Å². The summed E-state index contributed by atoms with van der Waals surface area (Å²) in [6, 6.07) is 15.7. The zero-order valence-corrected chi connectivity index (χ0v) is 16.7. The largest absolute Gasteiger partial charge is 0.478 e. The van der Waals surface area contributed by atoms with Gasteiger partial charge in [-0.2, -0.15) is 0 Å². The Bertz CT molecular complexity index is 1020. The summed E-state index contributed by atoms with van der Waals surface area (Å²) in [5.74, 6) is -0.605. The quantitative estimate of drug-likeness (QED) is 0.576. The second-order valence-electron chi connectivity index (χ2n) is 6.82. The molecule has 0 bridgehead atoms. The van der Waals surface area contributed by atoms with Gasteiger partial charge < -0.3 is 15.3 Å². The first kappa shape index (κ1) is 20.3. The molecule has 2 N–H and O–H groups in total. The second-order valence-corrected chi connectivity index (χ2v) is 6.82. The Morgan fingerprint density at radius 2 is 1.83 bits per heavy atom. The molecule has 150 valence electrons. The maximum atomic E-state index is 12.4. The Morgan fingerprint density at radius 3 is 2.48 bits per heavy atom. The second kappa shape index (κ2) is 9.19. The van der Waals surface area contributed by atoms with Crippen LogP contribution in [0, 0.1) is 0 Å². The number of carbonyl (C=O) groups excluding carboxylic acids is 1. The lowest BCUT2D eigenvalue weighted by atomic mass is 10.1. The van der Waals surface area contributed by atoms with Crippen LogP contribution in [0.2, 0.25) is 0 Å². The minimum absolute atomic E-state index is 0.177. The van der Waals surface area contributed by atoms with Crippen LogP contribution in [-0.4, -0.2) is 35.1 Å². The molecule has 2 aromatic carbocycles. The summed E-state index contributed by atoms with van der Waals surface area (Å²) in [5, 5.41) is 13.1. The van der Waals surface area contributed by atoms with Gasteiger partial charge in [0.2, 0.25) is 0 Å². The van der Waals surface area contributed by atoms with Crippen LogP contribution in [0.15, 0.2) is 54.6 Å². The molecule has 0 saturated carbocycles. The van der Waals surface area contributed by atoms with E-state index in [0.717, 1.165) is 25.9 Å². The van der Waals surface area contributed by atoms with Crippen LogP contribution in [-0.2, 0) is 0 Å². The van der Waals surface area contributed by atoms with Gasteiger partial charge >= 0.3 is 5.97 Å². The molecule has 0 aliphatic rings. The third-order valence-corrected chi connectivity index (χ3v) is 4.81. The van der Waals surface area contributed by atoms with Crippen LogP contribution >= 0.6 is 0 Å². The van der Waals surface area contributed by atoms with Crippen LogP contribution < -0.4 is 10.2 Å². The minimum Gasteiger partial charge on any atom is -0.478 e. The average molecular weight is 391 g/mol. The molecule has 3 rings (SSSR count). The summed E-state index contributed by atoms with van der Waals surface area (Å²) in [7, 11) is 0. The lowest BCUT2D eigenvalue weighted by molar-refractivity contribution is 0.0698. The summed E-state index contributed by atoms with van der Waals surface area (Å²) in [6.07, 6.45) is 2.07. The summed E-state index contributed by atoms with van der Waals surface area (Å²) in [4.78, 5) is 31.1. The van der Waals surface area contributed by atoms with Gasteiger partial charge in [-0.25, -0.2) is 9.78 Å². The van der Waals surface area contributed by atoms with Crippen LogP contribution in [0.25, 0.3) is 10.9 Å². The van der Waals surface area contributed by atoms with Crippen molar-refractivity contribution >= 4 is 34.3 Å². The highest BCUT2D eigenvalue weighted by Crippen LogP contribution is 2.26. The van der Waals surface area contributed by atoms with E-state index < -0.39 is 5.97 Å². The van der Waals surface area contributed by atoms with Gasteiger partial charge in [-0.15, -0.1) is 0 Å². The predicted molar refractivity (Wildman–Crippen MR) is 116 cm³/mol. The number of pyridine rings is 1. The van der Waals surface area contributed by atoms with Gasteiger partial charge in [0.05, 0.1) is 11.1 Å². The van der Waals surface area contributed by atoms with Crippen molar-refractivity contribution < 1.29 is 14.7 Å². The summed E-state index contributed by atoms with van der Waals surface area (Å²) < 4.78 is 0. The van der Waals surface area contributed by atoms with Crippen molar-refractivity contribution in [2.75, 3.05) is 23.3 Å².